The van der Waals surface area contributed by atoms with Gasteiger partial charge in [0.05, 0.1) is 0 Å². The standard InChI is InChI=1S/C14H21N3O/c15-11-12-4-3-5-13(10-12)16-14(18)6-9-17-7-1-2-8-17/h3-5,10H,1-2,6-9,11,15H2,(H,16,18). The minimum atomic E-state index is 0.0797. The van der Waals surface area contributed by atoms with Gasteiger partial charge in [-0.1, -0.05) is 12.1 Å². The highest BCUT2D eigenvalue weighted by atomic mass is 16.1. The third-order valence-electron chi connectivity index (χ3n) is 3.30. The van der Waals surface area contributed by atoms with Gasteiger partial charge in [0, 0.05) is 25.2 Å². The second-order valence-electron chi connectivity index (χ2n) is 4.75. The predicted molar refractivity (Wildman–Crippen MR) is 73.3 cm³/mol. The van der Waals surface area contributed by atoms with E-state index in [2.05, 4.69) is 10.2 Å². The smallest absolute Gasteiger partial charge is 0.225 e. The molecule has 4 nitrogen and oxygen atoms in total. The number of hydrogen-bond acceptors (Lipinski definition) is 3. The van der Waals surface area contributed by atoms with Gasteiger partial charge in [0.15, 0.2) is 0 Å². The lowest BCUT2D eigenvalue weighted by Crippen LogP contribution is -2.25. The Morgan fingerprint density at radius 2 is 2.11 bits per heavy atom. The molecule has 18 heavy (non-hydrogen) atoms. The Bertz CT molecular complexity index is 400. The van der Waals surface area contributed by atoms with E-state index in [1.165, 1.54) is 12.8 Å². The molecule has 0 saturated carbocycles. The van der Waals surface area contributed by atoms with Crippen molar-refractivity contribution in [3.8, 4) is 0 Å². The zero-order chi connectivity index (χ0) is 12.8. The van der Waals surface area contributed by atoms with Crippen LogP contribution in [-0.2, 0) is 11.3 Å². The number of anilines is 1. The van der Waals surface area contributed by atoms with Crippen molar-refractivity contribution in [2.24, 2.45) is 5.73 Å². The fourth-order valence-corrected chi connectivity index (χ4v) is 2.27. The fourth-order valence-electron chi connectivity index (χ4n) is 2.27. The van der Waals surface area contributed by atoms with Gasteiger partial charge in [0.2, 0.25) is 5.91 Å². The van der Waals surface area contributed by atoms with E-state index in [1.54, 1.807) is 0 Å². The molecule has 1 aromatic carbocycles. The van der Waals surface area contributed by atoms with E-state index < -0.39 is 0 Å². The first-order chi connectivity index (χ1) is 8.78. The molecule has 98 valence electrons. The molecular formula is C14H21N3O. The van der Waals surface area contributed by atoms with Crippen molar-refractivity contribution in [2.75, 3.05) is 25.0 Å². The highest BCUT2D eigenvalue weighted by molar-refractivity contribution is 5.90. The predicted octanol–water partition coefficient (Wildman–Crippen LogP) is 1.57. The summed E-state index contributed by atoms with van der Waals surface area (Å²) < 4.78 is 0. The molecule has 0 unspecified atom stereocenters. The number of nitrogens with one attached hydrogen (secondary N) is 1. The van der Waals surface area contributed by atoms with E-state index in [4.69, 9.17) is 5.73 Å². The van der Waals surface area contributed by atoms with Gasteiger partial charge in [-0.15, -0.1) is 0 Å². The molecule has 1 heterocycles. The van der Waals surface area contributed by atoms with Gasteiger partial charge < -0.3 is 16.0 Å². The monoisotopic (exact) mass is 247 g/mol. The zero-order valence-corrected chi connectivity index (χ0v) is 10.7. The van der Waals surface area contributed by atoms with E-state index in [0.29, 0.717) is 13.0 Å². The number of carbonyl (C=O) groups is 1. The van der Waals surface area contributed by atoms with E-state index in [1.807, 2.05) is 24.3 Å². The molecule has 1 aliphatic rings. The Balaban J connectivity index is 1.78. The van der Waals surface area contributed by atoms with Crippen molar-refractivity contribution in [1.29, 1.82) is 0 Å². The van der Waals surface area contributed by atoms with Crippen LogP contribution in [0.4, 0.5) is 5.69 Å². The Morgan fingerprint density at radius 1 is 1.33 bits per heavy atom. The molecule has 0 spiro atoms. The number of likely N-dealkylation sites (tertiary alicyclic amines) is 1. The topological polar surface area (TPSA) is 58.4 Å². The van der Waals surface area contributed by atoms with Gasteiger partial charge >= 0.3 is 0 Å². The van der Waals surface area contributed by atoms with Crippen molar-refractivity contribution < 1.29 is 4.79 Å². The Morgan fingerprint density at radius 3 is 2.83 bits per heavy atom. The number of carbonyl (C=O) groups excluding carboxylic acids is 1. The first kappa shape index (κ1) is 13.1. The van der Waals surface area contributed by atoms with Crippen LogP contribution in [0.3, 0.4) is 0 Å². The van der Waals surface area contributed by atoms with Crippen molar-refractivity contribution in [1.82, 2.24) is 4.90 Å². The molecular weight excluding hydrogens is 226 g/mol. The number of nitrogens with two attached hydrogens (primary N) is 1. The van der Waals surface area contributed by atoms with Crippen LogP contribution in [0.25, 0.3) is 0 Å². The highest BCUT2D eigenvalue weighted by Gasteiger charge is 2.12. The summed E-state index contributed by atoms with van der Waals surface area (Å²) in [5.41, 5.74) is 7.44. The molecule has 1 saturated heterocycles. The molecule has 1 aromatic rings. The SMILES string of the molecule is NCc1cccc(NC(=O)CCN2CCCC2)c1. The summed E-state index contributed by atoms with van der Waals surface area (Å²) in [6.45, 7) is 3.63. The molecule has 0 aliphatic carbocycles. The molecule has 4 heteroatoms. The van der Waals surface area contributed by atoms with Gasteiger partial charge in [-0.3, -0.25) is 4.79 Å². The maximum Gasteiger partial charge on any atom is 0.225 e. The van der Waals surface area contributed by atoms with Crippen LogP contribution in [0.15, 0.2) is 24.3 Å². The van der Waals surface area contributed by atoms with Crippen molar-refractivity contribution in [2.45, 2.75) is 25.8 Å². The minimum Gasteiger partial charge on any atom is -0.326 e. The maximum absolute atomic E-state index is 11.8. The largest absolute Gasteiger partial charge is 0.326 e. The summed E-state index contributed by atoms with van der Waals surface area (Å²) in [4.78, 5) is 14.1. The van der Waals surface area contributed by atoms with Crippen molar-refractivity contribution in [3.05, 3.63) is 29.8 Å². The third-order valence-corrected chi connectivity index (χ3v) is 3.30. The lowest BCUT2D eigenvalue weighted by Gasteiger charge is -2.14. The van der Waals surface area contributed by atoms with Crippen LogP contribution < -0.4 is 11.1 Å². The minimum absolute atomic E-state index is 0.0797. The number of amides is 1. The molecule has 0 atom stereocenters. The van der Waals surface area contributed by atoms with Gasteiger partial charge in [-0.25, -0.2) is 0 Å². The number of rotatable bonds is 5. The van der Waals surface area contributed by atoms with E-state index in [9.17, 15) is 4.79 Å². The van der Waals surface area contributed by atoms with E-state index >= 15 is 0 Å². The number of benzene rings is 1. The quantitative estimate of drug-likeness (QED) is 0.830. The fraction of sp³-hybridized carbons (Fsp3) is 0.500. The zero-order valence-electron chi connectivity index (χ0n) is 10.7. The second kappa shape index (κ2) is 6.52. The maximum atomic E-state index is 11.8. The van der Waals surface area contributed by atoms with Crippen molar-refractivity contribution >= 4 is 11.6 Å². The van der Waals surface area contributed by atoms with Gasteiger partial charge in [-0.05, 0) is 43.6 Å². The Hall–Kier alpha value is -1.39. The number of hydrogen-bond donors (Lipinski definition) is 2. The summed E-state index contributed by atoms with van der Waals surface area (Å²) >= 11 is 0. The molecule has 2 rings (SSSR count). The van der Waals surface area contributed by atoms with Crippen LogP contribution in [0.2, 0.25) is 0 Å². The number of nitrogens with zero attached hydrogens (tertiary/aromatic N) is 1. The molecule has 3 N–H and O–H groups in total. The molecule has 1 aliphatic heterocycles. The van der Waals surface area contributed by atoms with E-state index in [-0.39, 0.29) is 5.91 Å². The first-order valence-corrected chi connectivity index (χ1v) is 6.59. The van der Waals surface area contributed by atoms with Gasteiger partial charge in [-0.2, -0.15) is 0 Å². The summed E-state index contributed by atoms with van der Waals surface area (Å²) in [6, 6.07) is 7.69. The van der Waals surface area contributed by atoms with Gasteiger partial charge in [0.25, 0.3) is 0 Å². The molecule has 0 aromatic heterocycles. The van der Waals surface area contributed by atoms with Crippen LogP contribution >= 0.6 is 0 Å². The summed E-state index contributed by atoms with van der Waals surface area (Å²) in [5.74, 6) is 0.0797. The van der Waals surface area contributed by atoms with E-state index in [0.717, 1.165) is 30.9 Å². The lowest BCUT2D eigenvalue weighted by atomic mass is 10.2. The first-order valence-electron chi connectivity index (χ1n) is 6.59. The van der Waals surface area contributed by atoms with Gasteiger partial charge in [0.1, 0.15) is 0 Å². The van der Waals surface area contributed by atoms with Crippen molar-refractivity contribution in [3.63, 3.8) is 0 Å². The molecule has 1 fully saturated rings. The average Bonchev–Trinajstić information content (AvgIpc) is 2.90. The average molecular weight is 247 g/mol. The van der Waals surface area contributed by atoms with Crippen LogP contribution in [0.5, 0.6) is 0 Å². The lowest BCUT2D eigenvalue weighted by molar-refractivity contribution is -0.116. The molecule has 1 amide bonds. The Labute approximate surface area is 108 Å². The summed E-state index contributed by atoms with van der Waals surface area (Å²) in [5, 5.41) is 2.92. The normalized spacial score (nSPS) is 15.8. The van der Waals surface area contributed by atoms with Crippen LogP contribution in [0.1, 0.15) is 24.8 Å². The highest BCUT2D eigenvalue weighted by Crippen LogP contribution is 2.11. The molecule has 0 radical (unpaired) electrons. The second-order valence-corrected chi connectivity index (χ2v) is 4.75. The Kier molecular flexibility index (Phi) is 4.73. The molecule has 0 bridgehead atoms. The summed E-state index contributed by atoms with van der Waals surface area (Å²) in [7, 11) is 0. The third kappa shape index (κ3) is 3.82. The summed E-state index contributed by atoms with van der Waals surface area (Å²) in [6.07, 6.45) is 3.09. The van der Waals surface area contributed by atoms with Crippen LogP contribution in [-0.4, -0.2) is 30.4 Å². The van der Waals surface area contributed by atoms with Crippen LogP contribution in [0, 0.1) is 0 Å².